The van der Waals surface area contributed by atoms with Crippen molar-refractivity contribution in [3.05, 3.63) is 23.5 Å². The van der Waals surface area contributed by atoms with Crippen LogP contribution in [0.25, 0.3) is 11.0 Å². The first kappa shape index (κ1) is 14.8. The molecule has 8 heteroatoms. The van der Waals surface area contributed by atoms with Gasteiger partial charge in [-0.15, -0.1) is 0 Å². The Labute approximate surface area is 128 Å². The van der Waals surface area contributed by atoms with Gasteiger partial charge in [0.15, 0.2) is 0 Å². The molecule has 2 aromatic rings. The van der Waals surface area contributed by atoms with Gasteiger partial charge in [0.05, 0.1) is 10.4 Å². The van der Waals surface area contributed by atoms with E-state index in [9.17, 15) is 8.42 Å². The summed E-state index contributed by atoms with van der Waals surface area (Å²) in [6, 6.07) is 1.98. The van der Waals surface area contributed by atoms with E-state index in [-0.39, 0.29) is 4.90 Å². The third-order valence-electron chi connectivity index (χ3n) is 3.97. The Morgan fingerprint density at radius 3 is 2.81 bits per heavy atom. The highest BCUT2D eigenvalue weighted by Gasteiger charge is 2.31. The molecule has 1 aliphatic heterocycles. The quantitative estimate of drug-likeness (QED) is 0.897. The normalized spacial score (nSPS) is 18.4. The second kappa shape index (κ2) is 5.57. The molecule has 0 radical (unpaired) electrons. The van der Waals surface area contributed by atoms with Gasteiger partial charge in [-0.1, -0.05) is 11.6 Å². The van der Waals surface area contributed by atoms with Crippen LogP contribution in [0.5, 0.6) is 0 Å². The number of hydrogen-bond donors (Lipinski definition) is 2. The summed E-state index contributed by atoms with van der Waals surface area (Å²) in [4.78, 5) is 7.20. The van der Waals surface area contributed by atoms with Crippen LogP contribution in [0.4, 0.5) is 0 Å². The summed E-state index contributed by atoms with van der Waals surface area (Å²) < 4.78 is 27.1. The molecule has 0 saturated carbocycles. The highest BCUT2D eigenvalue weighted by Crippen LogP contribution is 2.31. The minimum Gasteiger partial charge on any atom is -0.345 e. The van der Waals surface area contributed by atoms with Gasteiger partial charge >= 0.3 is 0 Å². The number of piperidine rings is 1. The highest BCUT2D eigenvalue weighted by molar-refractivity contribution is 7.89. The van der Waals surface area contributed by atoms with Crippen molar-refractivity contribution in [1.82, 2.24) is 19.6 Å². The van der Waals surface area contributed by atoms with Crippen LogP contribution >= 0.6 is 11.6 Å². The van der Waals surface area contributed by atoms with Crippen LogP contribution in [0.15, 0.2) is 23.4 Å². The Hall–Kier alpha value is -1.15. The zero-order chi connectivity index (χ0) is 15.0. The molecular formula is C13H17ClN4O2S. The number of H-pyrrole nitrogens is 1. The highest BCUT2D eigenvalue weighted by atomic mass is 35.5. The fraction of sp³-hybridized carbons (Fsp3) is 0.462. The van der Waals surface area contributed by atoms with Crippen molar-refractivity contribution in [2.45, 2.75) is 23.8 Å². The molecule has 1 fully saturated rings. The van der Waals surface area contributed by atoms with Gasteiger partial charge in [-0.05, 0) is 26.0 Å². The lowest BCUT2D eigenvalue weighted by Crippen LogP contribution is -2.43. The molecule has 2 aromatic heterocycles. The zero-order valence-electron chi connectivity index (χ0n) is 11.6. The molecular weight excluding hydrogens is 312 g/mol. The van der Waals surface area contributed by atoms with Crippen molar-refractivity contribution in [1.29, 1.82) is 0 Å². The van der Waals surface area contributed by atoms with Gasteiger partial charge in [0, 0.05) is 31.5 Å². The molecule has 0 amide bonds. The smallest absolute Gasteiger partial charge is 0.245 e. The van der Waals surface area contributed by atoms with E-state index in [4.69, 9.17) is 11.6 Å². The summed E-state index contributed by atoms with van der Waals surface area (Å²) in [6.07, 6.45) is 4.65. The zero-order valence-corrected chi connectivity index (χ0v) is 13.2. The van der Waals surface area contributed by atoms with Crippen molar-refractivity contribution in [2.24, 2.45) is 0 Å². The maximum absolute atomic E-state index is 12.8. The minimum atomic E-state index is -3.55. The van der Waals surface area contributed by atoms with Gasteiger partial charge in [0.2, 0.25) is 10.0 Å². The van der Waals surface area contributed by atoms with E-state index in [0.29, 0.717) is 35.2 Å². The van der Waals surface area contributed by atoms with Crippen molar-refractivity contribution < 1.29 is 8.42 Å². The molecule has 3 heterocycles. The molecule has 6 nitrogen and oxygen atoms in total. The maximum Gasteiger partial charge on any atom is 0.245 e. The summed E-state index contributed by atoms with van der Waals surface area (Å²) >= 11 is 6.14. The van der Waals surface area contributed by atoms with E-state index in [1.54, 1.807) is 12.3 Å². The molecule has 3 rings (SSSR count). The molecule has 1 saturated heterocycles. The molecule has 1 aliphatic rings. The van der Waals surface area contributed by atoms with Crippen molar-refractivity contribution >= 4 is 32.7 Å². The van der Waals surface area contributed by atoms with Gasteiger partial charge in [-0.3, -0.25) is 0 Å². The van der Waals surface area contributed by atoms with Crippen molar-refractivity contribution in [2.75, 3.05) is 20.1 Å². The Bertz CT molecular complexity index is 751. The largest absolute Gasteiger partial charge is 0.345 e. The molecule has 2 N–H and O–H groups in total. The number of hydrogen-bond acceptors (Lipinski definition) is 4. The minimum absolute atomic E-state index is 0.207. The summed E-state index contributed by atoms with van der Waals surface area (Å²) in [7, 11) is -1.65. The van der Waals surface area contributed by atoms with Crippen LogP contribution in [0.3, 0.4) is 0 Å². The molecule has 0 bridgehead atoms. The van der Waals surface area contributed by atoms with Gasteiger partial charge in [-0.25, -0.2) is 13.4 Å². The number of pyridine rings is 1. The van der Waals surface area contributed by atoms with Crippen LogP contribution in [0, 0.1) is 0 Å². The summed E-state index contributed by atoms with van der Waals surface area (Å²) in [5.41, 5.74) is 0.492. The number of sulfonamides is 1. The second-order valence-electron chi connectivity index (χ2n) is 5.14. The fourth-order valence-corrected chi connectivity index (χ4v) is 4.66. The predicted octanol–water partition coefficient (Wildman–Crippen LogP) is 1.59. The van der Waals surface area contributed by atoms with Gasteiger partial charge in [0.25, 0.3) is 0 Å². The van der Waals surface area contributed by atoms with Crippen LogP contribution in [-0.2, 0) is 10.0 Å². The summed E-state index contributed by atoms with van der Waals surface area (Å²) in [5.74, 6) is 0. The average molecular weight is 329 g/mol. The van der Waals surface area contributed by atoms with Crippen LogP contribution in [0.1, 0.15) is 12.8 Å². The monoisotopic (exact) mass is 328 g/mol. The van der Waals surface area contributed by atoms with Gasteiger partial charge < -0.3 is 10.3 Å². The van der Waals surface area contributed by atoms with Crippen LogP contribution in [0.2, 0.25) is 5.02 Å². The fourth-order valence-electron chi connectivity index (χ4n) is 2.72. The Kier molecular flexibility index (Phi) is 3.92. The van der Waals surface area contributed by atoms with Crippen molar-refractivity contribution in [3.8, 4) is 0 Å². The van der Waals surface area contributed by atoms with Crippen LogP contribution in [-0.4, -0.2) is 48.9 Å². The lowest BCUT2D eigenvalue weighted by atomic mass is 10.1. The molecule has 21 heavy (non-hydrogen) atoms. The first-order chi connectivity index (χ1) is 10.0. The molecule has 114 valence electrons. The first-order valence-corrected chi connectivity index (χ1v) is 8.65. The lowest BCUT2D eigenvalue weighted by molar-refractivity contribution is 0.298. The molecule has 0 aromatic carbocycles. The molecule has 0 atom stereocenters. The second-order valence-corrected chi connectivity index (χ2v) is 7.45. The molecule has 0 aliphatic carbocycles. The van der Waals surface area contributed by atoms with E-state index < -0.39 is 10.0 Å². The Morgan fingerprint density at radius 2 is 2.14 bits per heavy atom. The summed E-state index contributed by atoms with van der Waals surface area (Å²) in [5, 5.41) is 4.05. The lowest BCUT2D eigenvalue weighted by Gasteiger charge is -2.30. The topological polar surface area (TPSA) is 78.1 Å². The molecule has 0 unspecified atom stereocenters. The predicted molar refractivity (Wildman–Crippen MR) is 81.9 cm³/mol. The number of aromatic amines is 1. The first-order valence-electron chi connectivity index (χ1n) is 6.83. The van der Waals surface area contributed by atoms with E-state index in [1.807, 2.05) is 7.05 Å². The molecule has 0 spiro atoms. The van der Waals surface area contributed by atoms with E-state index in [2.05, 4.69) is 15.3 Å². The third-order valence-corrected chi connectivity index (χ3v) is 6.20. The van der Waals surface area contributed by atoms with E-state index >= 15 is 0 Å². The number of fused-ring (bicyclic) bond motifs is 1. The number of halogens is 1. The number of nitrogens with zero attached hydrogens (tertiary/aromatic N) is 2. The van der Waals surface area contributed by atoms with Gasteiger partial charge in [0.1, 0.15) is 10.5 Å². The summed E-state index contributed by atoms with van der Waals surface area (Å²) in [6.45, 7) is 1.02. The van der Waals surface area contributed by atoms with E-state index in [1.165, 1.54) is 10.5 Å². The van der Waals surface area contributed by atoms with Crippen molar-refractivity contribution in [3.63, 3.8) is 0 Å². The Morgan fingerprint density at radius 1 is 1.43 bits per heavy atom. The van der Waals surface area contributed by atoms with Crippen LogP contribution < -0.4 is 5.32 Å². The SMILES string of the molecule is CNC1CCN(S(=O)(=O)c2c[nH]c3nccc(Cl)c23)CC1. The average Bonchev–Trinajstić information content (AvgIpc) is 2.93. The number of nitrogens with one attached hydrogen (secondary N) is 2. The van der Waals surface area contributed by atoms with Gasteiger partial charge in [-0.2, -0.15) is 4.31 Å². The standard InChI is InChI=1S/C13H17ClN4O2S/c1-15-9-3-6-18(7-4-9)21(19,20)11-8-17-13-12(11)10(14)2-5-16-13/h2,5,8-9,15H,3-4,6-7H2,1H3,(H,16,17). The number of aromatic nitrogens is 2. The number of rotatable bonds is 3. The van der Waals surface area contributed by atoms with E-state index in [0.717, 1.165) is 12.8 Å². The maximum atomic E-state index is 12.8. The Balaban J connectivity index is 1.98. The third kappa shape index (κ3) is 2.55.